The van der Waals surface area contributed by atoms with Gasteiger partial charge in [-0.2, -0.15) is 10.1 Å². The topological polar surface area (TPSA) is 145 Å². The number of aliphatic carboxylic acids is 1. The van der Waals surface area contributed by atoms with Crippen LogP contribution >= 0.6 is 0 Å². The molecule has 1 aliphatic rings. The van der Waals surface area contributed by atoms with Gasteiger partial charge in [-0.15, -0.1) is 0 Å². The van der Waals surface area contributed by atoms with Crippen LogP contribution < -0.4 is 11.2 Å². The van der Waals surface area contributed by atoms with Crippen molar-refractivity contribution >= 4 is 30.0 Å². The number of hydrogen-bond acceptors (Lipinski definition) is 6. The van der Waals surface area contributed by atoms with Crippen molar-refractivity contribution < 1.29 is 24.3 Å². The minimum atomic E-state index is -1.46. The molecule has 1 aliphatic heterocycles. The normalized spacial score (nSPS) is 19.1. The standard InChI is InChI=1S/C22H23N5O5/c1-14(28)26(18(12-19(29)30)16-6-4-3-5-7-16)27-20(31)22(2,25-21(27)32)17-10-8-15(9-11-17)13-24-23/h3-11,13,18H,12,23H2,1-2H3,(H,25,32)(H,29,30)/b24-13+/t18-,22-/m0/s1. The number of benzene rings is 2. The highest BCUT2D eigenvalue weighted by Crippen LogP contribution is 2.34. The number of rotatable bonds is 7. The SMILES string of the molecule is CC(=O)N([C@@H](CC(=O)O)c1ccccc1)N1C(=O)N[C@@](C)(c2ccc(/C=N/N)cc2)C1=O. The van der Waals surface area contributed by atoms with E-state index in [1.54, 1.807) is 54.6 Å². The van der Waals surface area contributed by atoms with Gasteiger partial charge in [0.2, 0.25) is 5.91 Å². The lowest BCUT2D eigenvalue weighted by molar-refractivity contribution is -0.162. The molecule has 4 amide bonds. The second-order valence-electron chi connectivity index (χ2n) is 7.46. The first-order chi connectivity index (χ1) is 15.2. The summed E-state index contributed by atoms with van der Waals surface area (Å²) in [4.78, 5) is 50.6. The molecule has 0 aromatic heterocycles. The molecule has 0 spiro atoms. The summed E-state index contributed by atoms with van der Waals surface area (Å²) in [6, 6.07) is 13.1. The molecule has 1 fully saturated rings. The molecule has 0 aliphatic carbocycles. The Balaban J connectivity index is 2.03. The maximum absolute atomic E-state index is 13.5. The van der Waals surface area contributed by atoms with Crippen LogP contribution in [0, 0.1) is 0 Å². The number of amides is 4. The molecule has 166 valence electrons. The van der Waals surface area contributed by atoms with Crippen LogP contribution in [0.1, 0.15) is 43.0 Å². The number of carboxylic acids is 1. The van der Waals surface area contributed by atoms with E-state index in [0.29, 0.717) is 21.7 Å². The van der Waals surface area contributed by atoms with Gasteiger partial charge in [-0.25, -0.2) is 9.80 Å². The maximum Gasteiger partial charge on any atom is 0.344 e. The highest BCUT2D eigenvalue weighted by atomic mass is 16.4. The van der Waals surface area contributed by atoms with Gasteiger partial charge in [0.25, 0.3) is 5.91 Å². The summed E-state index contributed by atoms with van der Waals surface area (Å²) in [5.74, 6) is 2.61. The van der Waals surface area contributed by atoms with Crippen LogP contribution in [0.15, 0.2) is 59.7 Å². The Morgan fingerprint density at radius 1 is 1.19 bits per heavy atom. The first-order valence-corrected chi connectivity index (χ1v) is 9.76. The molecule has 4 N–H and O–H groups in total. The molecule has 0 unspecified atom stereocenters. The Bertz CT molecular complexity index is 1070. The van der Waals surface area contributed by atoms with Crippen LogP contribution in [0.5, 0.6) is 0 Å². The molecule has 10 heteroatoms. The number of urea groups is 1. The number of nitrogens with one attached hydrogen (secondary N) is 1. The van der Waals surface area contributed by atoms with Gasteiger partial charge in [0, 0.05) is 6.92 Å². The van der Waals surface area contributed by atoms with Crippen LogP contribution in [-0.2, 0) is 19.9 Å². The minimum absolute atomic E-state index is 0.477. The number of carboxylic acid groups (broad SMARTS) is 1. The molecule has 1 saturated heterocycles. The molecule has 0 bridgehead atoms. The quantitative estimate of drug-likeness (QED) is 0.260. The predicted octanol–water partition coefficient (Wildman–Crippen LogP) is 1.73. The molecule has 1 heterocycles. The molecule has 0 saturated carbocycles. The molecular formula is C22H23N5O5. The van der Waals surface area contributed by atoms with Crippen molar-refractivity contribution in [3.8, 4) is 0 Å². The van der Waals surface area contributed by atoms with Crippen LogP contribution in [0.4, 0.5) is 4.79 Å². The number of carbonyl (C=O) groups excluding carboxylic acids is 3. The third-order valence-corrected chi connectivity index (χ3v) is 5.27. The zero-order chi connectivity index (χ0) is 23.5. The van der Waals surface area contributed by atoms with Crippen molar-refractivity contribution in [3.63, 3.8) is 0 Å². The fraction of sp³-hybridized carbons (Fsp3) is 0.227. The highest BCUT2D eigenvalue weighted by Gasteiger charge is 2.53. The summed E-state index contributed by atoms with van der Waals surface area (Å²) in [5.41, 5.74) is 0.188. The summed E-state index contributed by atoms with van der Waals surface area (Å²) >= 11 is 0. The number of carbonyl (C=O) groups is 4. The van der Waals surface area contributed by atoms with Crippen LogP contribution in [0.2, 0.25) is 0 Å². The van der Waals surface area contributed by atoms with Crippen molar-refractivity contribution in [1.82, 2.24) is 15.3 Å². The Kier molecular flexibility index (Phi) is 6.24. The summed E-state index contributed by atoms with van der Waals surface area (Å²) in [7, 11) is 0. The first-order valence-electron chi connectivity index (χ1n) is 9.76. The molecule has 0 radical (unpaired) electrons. The van der Waals surface area contributed by atoms with E-state index in [0.717, 1.165) is 5.01 Å². The average Bonchev–Trinajstić information content (AvgIpc) is 2.98. The van der Waals surface area contributed by atoms with Crippen molar-refractivity contribution in [2.45, 2.75) is 31.8 Å². The van der Waals surface area contributed by atoms with Gasteiger partial charge >= 0.3 is 12.0 Å². The Morgan fingerprint density at radius 3 is 2.34 bits per heavy atom. The van der Waals surface area contributed by atoms with Gasteiger partial charge in [-0.05, 0) is 23.6 Å². The van der Waals surface area contributed by atoms with E-state index in [1.807, 2.05) is 0 Å². The fourth-order valence-corrected chi connectivity index (χ4v) is 3.69. The van der Waals surface area contributed by atoms with Crippen LogP contribution in [-0.4, -0.2) is 45.2 Å². The third-order valence-electron chi connectivity index (χ3n) is 5.27. The van der Waals surface area contributed by atoms with E-state index in [9.17, 15) is 24.3 Å². The van der Waals surface area contributed by atoms with Crippen molar-refractivity contribution in [1.29, 1.82) is 0 Å². The van der Waals surface area contributed by atoms with Crippen LogP contribution in [0.25, 0.3) is 0 Å². The van der Waals surface area contributed by atoms with Crippen molar-refractivity contribution in [3.05, 3.63) is 71.3 Å². The molecule has 2 aromatic carbocycles. The number of imide groups is 1. The van der Waals surface area contributed by atoms with Gasteiger partial charge < -0.3 is 16.3 Å². The molecule has 32 heavy (non-hydrogen) atoms. The molecular weight excluding hydrogens is 414 g/mol. The van der Waals surface area contributed by atoms with Crippen LogP contribution in [0.3, 0.4) is 0 Å². The second-order valence-corrected chi connectivity index (χ2v) is 7.46. The number of nitrogens with zero attached hydrogens (tertiary/aromatic N) is 3. The maximum atomic E-state index is 13.5. The van der Waals surface area contributed by atoms with Gasteiger partial charge in [-0.1, -0.05) is 54.6 Å². The first kappa shape index (κ1) is 22.5. The highest BCUT2D eigenvalue weighted by molar-refractivity contribution is 6.08. The number of hydrazine groups is 1. The molecule has 2 aromatic rings. The summed E-state index contributed by atoms with van der Waals surface area (Å²) in [6.45, 7) is 2.70. The molecule has 2 atom stereocenters. The van der Waals surface area contributed by atoms with E-state index in [-0.39, 0.29) is 0 Å². The van der Waals surface area contributed by atoms with Gasteiger partial charge in [-0.3, -0.25) is 14.4 Å². The van der Waals surface area contributed by atoms with Gasteiger partial charge in [0.1, 0.15) is 5.54 Å². The van der Waals surface area contributed by atoms with E-state index in [2.05, 4.69) is 10.4 Å². The lowest BCUT2D eigenvalue weighted by Crippen LogP contribution is -2.52. The van der Waals surface area contributed by atoms with Crippen molar-refractivity contribution in [2.75, 3.05) is 0 Å². The summed E-state index contributed by atoms with van der Waals surface area (Å²) in [6.07, 6.45) is 0.936. The van der Waals surface area contributed by atoms with E-state index in [1.165, 1.54) is 20.1 Å². The predicted molar refractivity (Wildman–Crippen MR) is 115 cm³/mol. The van der Waals surface area contributed by atoms with E-state index < -0.39 is 41.8 Å². The zero-order valence-electron chi connectivity index (χ0n) is 17.6. The summed E-state index contributed by atoms with van der Waals surface area (Å²) < 4.78 is 0. The minimum Gasteiger partial charge on any atom is -0.481 e. The Hall–Kier alpha value is -4.21. The Morgan fingerprint density at radius 2 is 1.81 bits per heavy atom. The van der Waals surface area contributed by atoms with Gasteiger partial charge in [0.15, 0.2) is 0 Å². The fourth-order valence-electron chi connectivity index (χ4n) is 3.69. The lowest BCUT2D eigenvalue weighted by atomic mass is 9.91. The third kappa shape index (κ3) is 4.15. The molecule has 10 nitrogen and oxygen atoms in total. The summed E-state index contributed by atoms with van der Waals surface area (Å²) in [5, 5.41) is 17.1. The van der Waals surface area contributed by atoms with E-state index in [4.69, 9.17) is 5.84 Å². The van der Waals surface area contributed by atoms with E-state index >= 15 is 0 Å². The largest absolute Gasteiger partial charge is 0.481 e. The van der Waals surface area contributed by atoms with Crippen molar-refractivity contribution in [2.24, 2.45) is 10.9 Å². The lowest BCUT2D eigenvalue weighted by Gasteiger charge is -2.35. The zero-order valence-corrected chi connectivity index (χ0v) is 17.6. The number of hydrogen-bond donors (Lipinski definition) is 3. The van der Waals surface area contributed by atoms with Gasteiger partial charge in [0.05, 0.1) is 18.7 Å². The molecule has 3 rings (SSSR count). The average molecular weight is 437 g/mol. The number of hydrazone groups is 1. The smallest absolute Gasteiger partial charge is 0.344 e. The Labute approximate surface area is 184 Å². The number of nitrogens with two attached hydrogens (primary N) is 1. The monoisotopic (exact) mass is 437 g/mol. The second kappa shape index (κ2) is 8.88.